The average molecular weight is 405 g/mol. The molecule has 30 heavy (non-hydrogen) atoms. The lowest BCUT2D eigenvalue weighted by Crippen LogP contribution is -2.46. The summed E-state index contributed by atoms with van der Waals surface area (Å²) in [5.74, 6) is 1.04. The third kappa shape index (κ3) is 5.21. The number of rotatable bonds is 6. The van der Waals surface area contributed by atoms with E-state index in [1.165, 1.54) is 12.1 Å². The first-order valence-electron chi connectivity index (χ1n) is 10.1. The standard InChI is InChI=1S/C24H24FN3O2/c25-19-6-3-5-18(15-19)17-28-14-2-1-8-23(28)24(29)27-20-9-11-21(12-10-20)30-22-7-4-13-26-16-22/h3-7,9-13,15-16,23H,1-2,8,14,17H2,(H,27,29)/t23-/m0/s1. The van der Waals surface area contributed by atoms with Gasteiger partial charge in [-0.25, -0.2) is 4.39 Å². The highest BCUT2D eigenvalue weighted by atomic mass is 19.1. The molecule has 1 amide bonds. The Labute approximate surface area is 175 Å². The van der Waals surface area contributed by atoms with Crippen LogP contribution in [-0.2, 0) is 11.3 Å². The summed E-state index contributed by atoms with van der Waals surface area (Å²) in [5, 5.41) is 3.01. The van der Waals surface area contributed by atoms with Gasteiger partial charge in [-0.1, -0.05) is 18.6 Å². The van der Waals surface area contributed by atoms with Crippen molar-refractivity contribution in [1.29, 1.82) is 0 Å². The molecule has 5 nitrogen and oxygen atoms in total. The molecular formula is C24H24FN3O2. The summed E-state index contributed by atoms with van der Waals surface area (Å²) >= 11 is 0. The summed E-state index contributed by atoms with van der Waals surface area (Å²) < 4.78 is 19.3. The molecule has 154 valence electrons. The summed E-state index contributed by atoms with van der Waals surface area (Å²) in [4.78, 5) is 19.1. The van der Waals surface area contributed by atoms with Gasteiger partial charge in [0.2, 0.25) is 5.91 Å². The predicted molar refractivity (Wildman–Crippen MR) is 114 cm³/mol. The SMILES string of the molecule is O=C(Nc1ccc(Oc2cccnc2)cc1)[C@@H]1CCCCN1Cc1cccc(F)c1. The first-order chi connectivity index (χ1) is 14.7. The molecule has 0 spiro atoms. The number of likely N-dealkylation sites (tertiary alicyclic amines) is 1. The van der Waals surface area contributed by atoms with Crippen molar-refractivity contribution in [3.63, 3.8) is 0 Å². The lowest BCUT2D eigenvalue weighted by Gasteiger charge is -2.34. The second-order valence-electron chi connectivity index (χ2n) is 7.42. The van der Waals surface area contributed by atoms with E-state index >= 15 is 0 Å². The number of halogens is 1. The molecule has 0 unspecified atom stereocenters. The lowest BCUT2D eigenvalue weighted by molar-refractivity contribution is -0.122. The Hall–Kier alpha value is -3.25. The Morgan fingerprint density at radius 1 is 1.10 bits per heavy atom. The molecule has 1 N–H and O–H groups in total. The molecule has 6 heteroatoms. The number of carbonyl (C=O) groups excluding carboxylic acids is 1. The van der Waals surface area contributed by atoms with Crippen molar-refractivity contribution < 1.29 is 13.9 Å². The molecule has 1 aliphatic heterocycles. The molecule has 1 saturated heterocycles. The van der Waals surface area contributed by atoms with Gasteiger partial charge in [0.05, 0.1) is 12.2 Å². The second-order valence-corrected chi connectivity index (χ2v) is 7.42. The first-order valence-corrected chi connectivity index (χ1v) is 10.1. The molecular weight excluding hydrogens is 381 g/mol. The zero-order valence-electron chi connectivity index (χ0n) is 16.6. The van der Waals surface area contributed by atoms with E-state index in [9.17, 15) is 9.18 Å². The van der Waals surface area contributed by atoms with E-state index in [1.54, 1.807) is 18.5 Å². The highest BCUT2D eigenvalue weighted by Gasteiger charge is 2.28. The maximum absolute atomic E-state index is 13.5. The predicted octanol–water partition coefficient (Wildman–Crippen LogP) is 5.01. The number of anilines is 1. The molecule has 0 radical (unpaired) electrons. The van der Waals surface area contributed by atoms with Crippen molar-refractivity contribution in [1.82, 2.24) is 9.88 Å². The van der Waals surface area contributed by atoms with Crippen molar-refractivity contribution in [2.24, 2.45) is 0 Å². The molecule has 2 aromatic carbocycles. The minimum absolute atomic E-state index is 0.0352. The van der Waals surface area contributed by atoms with Gasteiger partial charge in [-0.3, -0.25) is 14.7 Å². The third-order valence-corrected chi connectivity index (χ3v) is 5.18. The number of piperidine rings is 1. The normalized spacial score (nSPS) is 16.8. The van der Waals surface area contributed by atoms with E-state index in [2.05, 4.69) is 15.2 Å². The average Bonchev–Trinajstić information content (AvgIpc) is 2.76. The van der Waals surface area contributed by atoms with Crippen LogP contribution < -0.4 is 10.1 Å². The highest BCUT2D eigenvalue weighted by Crippen LogP contribution is 2.24. The quantitative estimate of drug-likeness (QED) is 0.627. The zero-order chi connectivity index (χ0) is 20.8. The van der Waals surface area contributed by atoms with Gasteiger partial charge in [0.25, 0.3) is 0 Å². The first kappa shape index (κ1) is 20.0. The molecule has 1 fully saturated rings. The van der Waals surface area contributed by atoms with Crippen LogP contribution in [0.25, 0.3) is 0 Å². The molecule has 0 saturated carbocycles. The molecule has 3 aromatic rings. The van der Waals surface area contributed by atoms with Crippen LogP contribution in [0.1, 0.15) is 24.8 Å². The minimum atomic E-state index is -0.251. The van der Waals surface area contributed by atoms with Crippen LogP contribution >= 0.6 is 0 Å². The number of pyridine rings is 1. The number of benzene rings is 2. The number of aromatic nitrogens is 1. The smallest absolute Gasteiger partial charge is 0.241 e. The zero-order valence-corrected chi connectivity index (χ0v) is 16.6. The number of nitrogens with zero attached hydrogens (tertiary/aromatic N) is 2. The van der Waals surface area contributed by atoms with Crippen molar-refractivity contribution in [3.8, 4) is 11.5 Å². The van der Waals surface area contributed by atoms with Crippen LogP contribution in [-0.4, -0.2) is 28.4 Å². The summed E-state index contributed by atoms with van der Waals surface area (Å²) in [5.41, 5.74) is 1.60. The fourth-order valence-corrected chi connectivity index (χ4v) is 3.72. The van der Waals surface area contributed by atoms with Crippen molar-refractivity contribution in [3.05, 3.63) is 84.4 Å². The van der Waals surface area contributed by atoms with Crippen LogP contribution in [0.4, 0.5) is 10.1 Å². The van der Waals surface area contributed by atoms with Gasteiger partial charge in [0.1, 0.15) is 17.3 Å². The van der Waals surface area contributed by atoms with Crippen LogP contribution in [0.15, 0.2) is 73.1 Å². The molecule has 4 rings (SSSR count). The Morgan fingerprint density at radius 2 is 1.97 bits per heavy atom. The summed E-state index contributed by atoms with van der Waals surface area (Å²) in [6.07, 6.45) is 6.18. The monoisotopic (exact) mass is 405 g/mol. The van der Waals surface area contributed by atoms with Gasteiger partial charge in [0.15, 0.2) is 0 Å². The number of carbonyl (C=O) groups is 1. The van der Waals surface area contributed by atoms with Gasteiger partial charge >= 0.3 is 0 Å². The summed E-state index contributed by atoms with van der Waals surface area (Å²) in [6.45, 7) is 1.39. The van der Waals surface area contributed by atoms with E-state index in [0.29, 0.717) is 18.0 Å². The molecule has 1 atom stereocenters. The van der Waals surface area contributed by atoms with Crippen molar-refractivity contribution in [2.75, 3.05) is 11.9 Å². The van der Waals surface area contributed by atoms with Crippen molar-refractivity contribution in [2.45, 2.75) is 31.8 Å². The molecule has 0 aliphatic carbocycles. The number of amides is 1. The highest BCUT2D eigenvalue weighted by molar-refractivity contribution is 5.94. The summed E-state index contributed by atoms with van der Waals surface area (Å²) in [6, 6.07) is 17.3. The number of hydrogen-bond acceptors (Lipinski definition) is 4. The van der Waals surface area contributed by atoms with E-state index in [4.69, 9.17) is 4.74 Å². The fourth-order valence-electron chi connectivity index (χ4n) is 3.72. The molecule has 0 bridgehead atoms. The largest absolute Gasteiger partial charge is 0.456 e. The molecule has 1 aromatic heterocycles. The Balaban J connectivity index is 1.39. The van der Waals surface area contributed by atoms with Gasteiger partial charge in [-0.05, 0) is 73.5 Å². The van der Waals surface area contributed by atoms with E-state index in [1.807, 2.05) is 42.5 Å². The molecule has 2 heterocycles. The molecule has 1 aliphatic rings. The van der Waals surface area contributed by atoms with Crippen LogP contribution in [0.5, 0.6) is 11.5 Å². The van der Waals surface area contributed by atoms with Gasteiger partial charge in [-0.15, -0.1) is 0 Å². The number of ether oxygens (including phenoxy) is 1. The van der Waals surface area contributed by atoms with Gasteiger partial charge in [0, 0.05) is 18.4 Å². The Morgan fingerprint density at radius 3 is 2.73 bits per heavy atom. The van der Waals surface area contributed by atoms with E-state index in [0.717, 1.165) is 37.1 Å². The van der Waals surface area contributed by atoms with E-state index in [-0.39, 0.29) is 17.8 Å². The summed E-state index contributed by atoms with van der Waals surface area (Å²) in [7, 11) is 0. The Kier molecular flexibility index (Phi) is 6.35. The van der Waals surface area contributed by atoms with Crippen LogP contribution in [0, 0.1) is 5.82 Å². The van der Waals surface area contributed by atoms with Crippen LogP contribution in [0.3, 0.4) is 0 Å². The van der Waals surface area contributed by atoms with Crippen molar-refractivity contribution >= 4 is 11.6 Å². The van der Waals surface area contributed by atoms with E-state index < -0.39 is 0 Å². The topological polar surface area (TPSA) is 54.5 Å². The van der Waals surface area contributed by atoms with Gasteiger partial charge in [-0.2, -0.15) is 0 Å². The maximum atomic E-state index is 13.5. The fraction of sp³-hybridized carbons (Fsp3) is 0.250. The van der Waals surface area contributed by atoms with Gasteiger partial charge < -0.3 is 10.1 Å². The number of nitrogens with one attached hydrogen (secondary N) is 1. The lowest BCUT2D eigenvalue weighted by atomic mass is 10.00. The third-order valence-electron chi connectivity index (χ3n) is 5.18. The minimum Gasteiger partial charge on any atom is -0.456 e. The Bertz CT molecular complexity index is 979. The number of hydrogen-bond donors (Lipinski definition) is 1. The van der Waals surface area contributed by atoms with Crippen LogP contribution in [0.2, 0.25) is 0 Å². The second kappa shape index (κ2) is 9.50. The maximum Gasteiger partial charge on any atom is 0.241 e.